The highest BCUT2D eigenvalue weighted by Crippen LogP contribution is 2.26. The SMILES string of the molecule is COC(=O)C(NC(=O)OCc1ccccc1)C(Cc1ccccc1)SCc1ccc(OC)cc1. The van der Waals surface area contributed by atoms with Crippen molar-refractivity contribution in [2.24, 2.45) is 0 Å². The lowest BCUT2D eigenvalue weighted by atomic mass is 10.0. The van der Waals surface area contributed by atoms with Crippen LogP contribution in [0.2, 0.25) is 0 Å². The summed E-state index contributed by atoms with van der Waals surface area (Å²) in [5, 5.41) is 2.46. The number of rotatable bonds is 11. The van der Waals surface area contributed by atoms with E-state index in [1.807, 2.05) is 84.9 Å². The van der Waals surface area contributed by atoms with Crippen molar-refractivity contribution in [2.45, 2.75) is 30.1 Å². The number of esters is 1. The van der Waals surface area contributed by atoms with E-state index in [4.69, 9.17) is 14.2 Å². The third-order valence-corrected chi connectivity index (χ3v) is 6.58. The number of thioether (sulfide) groups is 1. The summed E-state index contributed by atoms with van der Waals surface area (Å²) < 4.78 is 15.6. The third-order valence-electron chi connectivity index (χ3n) is 5.22. The van der Waals surface area contributed by atoms with Crippen LogP contribution in [0.3, 0.4) is 0 Å². The molecule has 0 aliphatic heterocycles. The van der Waals surface area contributed by atoms with E-state index in [-0.39, 0.29) is 11.9 Å². The van der Waals surface area contributed by atoms with Crippen molar-refractivity contribution in [3.8, 4) is 5.75 Å². The number of nitrogens with one attached hydrogen (secondary N) is 1. The molecule has 0 aromatic heterocycles. The Morgan fingerprint density at radius 1 is 0.824 bits per heavy atom. The van der Waals surface area contributed by atoms with Gasteiger partial charge in [-0.1, -0.05) is 72.8 Å². The summed E-state index contributed by atoms with van der Waals surface area (Å²) in [5.74, 6) is 0.917. The van der Waals surface area contributed by atoms with Crippen molar-refractivity contribution in [3.05, 3.63) is 102 Å². The van der Waals surface area contributed by atoms with Crippen LogP contribution in [0.1, 0.15) is 16.7 Å². The fraction of sp³-hybridized carbons (Fsp3) is 0.259. The molecule has 7 heteroatoms. The zero-order valence-corrected chi connectivity index (χ0v) is 20.1. The van der Waals surface area contributed by atoms with Gasteiger partial charge in [0, 0.05) is 11.0 Å². The maximum Gasteiger partial charge on any atom is 0.408 e. The molecule has 6 nitrogen and oxygen atoms in total. The van der Waals surface area contributed by atoms with Crippen molar-refractivity contribution >= 4 is 23.8 Å². The van der Waals surface area contributed by atoms with E-state index in [9.17, 15) is 9.59 Å². The summed E-state index contributed by atoms with van der Waals surface area (Å²) in [6.07, 6.45) is -0.0946. The molecule has 0 bridgehead atoms. The van der Waals surface area contributed by atoms with Gasteiger partial charge in [0.25, 0.3) is 0 Å². The van der Waals surface area contributed by atoms with E-state index >= 15 is 0 Å². The molecule has 0 spiro atoms. The Hall–Kier alpha value is -3.45. The summed E-state index contributed by atoms with van der Waals surface area (Å²) in [6, 6.07) is 26.1. The fourth-order valence-corrected chi connectivity index (χ4v) is 4.65. The smallest absolute Gasteiger partial charge is 0.408 e. The Morgan fingerprint density at radius 3 is 2.03 bits per heavy atom. The first kappa shape index (κ1) is 25.2. The predicted octanol–water partition coefficient (Wildman–Crippen LogP) is 5.01. The third kappa shape index (κ3) is 7.85. The van der Waals surface area contributed by atoms with Crippen LogP contribution < -0.4 is 10.1 Å². The normalized spacial score (nSPS) is 12.3. The second kappa shape index (κ2) is 13.3. The summed E-state index contributed by atoms with van der Waals surface area (Å²) in [6.45, 7) is 0.114. The van der Waals surface area contributed by atoms with Gasteiger partial charge in [-0.3, -0.25) is 0 Å². The Labute approximate surface area is 204 Å². The molecule has 1 amide bonds. The van der Waals surface area contributed by atoms with Crippen molar-refractivity contribution in [2.75, 3.05) is 14.2 Å². The molecule has 178 valence electrons. The van der Waals surface area contributed by atoms with Gasteiger partial charge in [-0.05, 0) is 35.2 Å². The first-order chi connectivity index (χ1) is 16.6. The van der Waals surface area contributed by atoms with Gasteiger partial charge in [0.2, 0.25) is 0 Å². The van der Waals surface area contributed by atoms with Gasteiger partial charge in [-0.15, -0.1) is 0 Å². The second-order valence-corrected chi connectivity index (χ2v) is 8.82. The standard InChI is InChI=1S/C27H29NO5S/c1-31-23-15-13-22(14-16-23)19-34-24(17-20-9-5-3-6-10-20)25(26(29)32-2)28-27(30)33-18-21-11-7-4-8-12-21/h3-16,24-25H,17-19H2,1-2H3,(H,28,30). The number of hydrogen-bond donors (Lipinski definition) is 1. The summed E-state index contributed by atoms with van der Waals surface area (Å²) in [7, 11) is 2.95. The van der Waals surface area contributed by atoms with Gasteiger partial charge in [0.1, 0.15) is 18.4 Å². The molecule has 0 saturated heterocycles. The van der Waals surface area contributed by atoms with Crippen LogP contribution in [-0.4, -0.2) is 37.6 Å². The molecule has 3 aromatic rings. The van der Waals surface area contributed by atoms with Gasteiger partial charge in [-0.25, -0.2) is 9.59 Å². The average molecular weight is 480 g/mol. The van der Waals surface area contributed by atoms with Crippen LogP contribution in [0.5, 0.6) is 5.75 Å². The van der Waals surface area contributed by atoms with Gasteiger partial charge in [-0.2, -0.15) is 11.8 Å². The minimum atomic E-state index is -0.878. The summed E-state index contributed by atoms with van der Waals surface area (Å²) in [5.41, 5.74) is 3.00. The van der Waals surface area contributed by atoms with E-state index in [1.54, 1.807) is 18.9 Å². The number of ether oxygens (including phenoxy) is 3. The maximum absolute atomic E-state index is 12.7. The van der Waals surface area contributed by atoms with E-state index in [0.717, 1.165) is 22.4 Å². The molecule has 2 atom stereocenters. The van der Waals surface area contributed by atoms with Crippen molar-refractivity contribution < 1.29 is 23.8 Å². The number of benzene rings is 3. The minimum Gasteiger partial charge on any atom is -0.497 e. The molecule has 0 heterocycles. The number of alkyl carbamates (subject to hydrolysis) is 1. The second-order valence-electron chi connectivity index (χ2n) is 7.59. The van der Waals surface area contributed by atoms with E-state index in [2.05, 4.69) is 5.32 Å². The Morgan fingerprint density at radius 2 is 1.44 bits per heavy atom. The van der Waals surface area contributed by atoms with Crippen LogP contribution in [0.4, 0.5) is 4.79 Å². The molecule has 0 radical (unpaired) electrons. The van der Waals surface area contributed by atoms with Crippen LogP contribution in [0.25, 0.3) is 0 Å². The van der Waals surface area contributed by atoms with Crippen LogP contribution in [0.15, 0.2) is 84.9 Å². The minimum absolute atomic E-state index is 0.114. The lowest BCUT2D eigenvalue weighted by molar-refractivity contribution is -0.143. The van der Waals surface area contributed by atoms with Gasteiger partial charge >= 0.3 is 12.1 Å². The summed E-state index contributed by atoms with van der Waals surface area (Å²) in [4.78, 5) is 25.3. The van der Waals surface area contributed by atoms with Crippen molar-refractivity contribution in [3.63, 3.8) is 0 Å². The number of carbonyl (C=O) groups is 2. The zero-order chi connectivity index (χ0) is 24.2. The molecular formula is C27H29NO5S. The van der Waals surface area contributed by atoms with E-state index < -0.39 is 18.1 Å². The highest BCUT2D eigenvalue weighted by Gasteiger charge is 2.32. The number of hydrogen-bond acceptors (Lipinski definition) is 6. The van der Waals surface area contributed by atoms with Crippen LogP contribution in [-0.2, 0) is 33.0 Å². The average Bonchev–Trinajstić information content (AvgIpc) is 2.89. The topological polar surface area (TPSA) is 73.9 Å². The highest BCUT2D eigenvalue weighted by atomic mass is 32.2. The van der Waals surface area contributed by atoms with E-state index in [0.29, 0.717) is 12.2 Å². The molecule has 3 aromatic carbocycles. The number of methoxy groups -OCH3 is 2. The van der Waals surface area contributed by atoms with Crippen molar-refractivity contribution in [1.29, 1.82) is 0 Å². The lowest BCUT2D eigenvalue weighted by Crippen LogP contribution is -2.49. The van der Waals surface area contributed by atoms with Gasteiger partial charge in [0.05, 0.1) is 14.2 Å². The predicted molar refractivity (Wildman–Crippen MR) is 134 cm³/mol. The lowest BCUT2D eigenvalue weighted by Gasteiger charge is -2.26. The first-order valence-corrected chi connectivity index (χ1v) is 12.0. The summed E-state index contributed by atoms with van der Waals surface area (Å²) >= 11 is 1.58. The molecule has 0 aliphatic carbocycles. The quantitative estimate of drug-likeness (QED) is 0.390. The maximum atomic E-state index is 12.7. The van der Waals surface area contributed by atoms with E-state index in [1.165, 1.54) is 7.11 Å². The fourth-order valence-electron chi connectivity index (χ4n) is 3.37. The van der Waals surface area contributed by atoms with Crippen LogP contribution in [0, 0.1) is 0 Å². The molecule has 0 fully saturated rings. The molecule has 0 saturated carbocycles. The zero-order valence-electron chi connectivity index (χ0n) is 19.3. The molecule has 34 heavy (non-hydrogen) atoms. The van der Waals surface area contributed by atoms with Crippen LogP contribution >= 0.6 is 11.8 Å². The first-order valence-electron chi connectivity index (χ1n) is 10.9. The molecule has 3 rings (SSSR count). The molecular weight excluding hydrogens is 450 g/mol. The molecule has 1 N–H and O–H groups in total. The molecule has 0 aliphatic rings. The number of carbonyl (C=O) groups excluding carboxylic acids is 2. The Kier molecular flexibility index (Phi) is 9.85. The largest absolute Gasteiger partial charge is 0.497 e. The van der Waals surface area contributed by atoms with Gasteiger partial charge in [0.15, 0.2) is 0 Å². The monoisotopic (exact) mass is 479 g/mol. The van der Waals surface area contributed by atoms with Gasteiger partial charge < -0.3 is 19.5 Å². The van der Waals surface area contributed by atoms with Crippen molar-refractivity contribution in [1.82, 2.24) is 5.32 Å². The number of amides is 1. The Balaban J connectivity index is 1.73. The Bertz CT molecular complexity index is 1030. The highest BCUT2D eigenvalue weighted by molar-refractivity contribution is 7.99. The molecule has 2 unspecified atom stereocenters.